The number of aromatic hydroxyl groups is 2. The van der Waals surface area contributed by atoms with Gasteiger partial charge in [-0.1, -0.05) is 27.5 Å². The van der Waals surface area contributed by atoms with Crippen molar-refractivity contribution in [3.05, 3.63) is 45.4 Å². The second-order valence-corrected chi connectivity index (χ2v) is 7.90. The Morgan fingerprint density at radius 1 is 1.31 bits per heavy atom. The molecule has 1 fully saturated rings. The molecule has 1 heterocycles. The average Bonchev–Trinajstić information content (AvgIpc) is 3.11. The third kappa shape index (κ3) is 4.56. The molecule has 1 aliphatic heterocycles. The fourth-order valence-corrected chi connectivity index (χ4v) is 3.91. The standard InChI is InChI=1S/C17H16BrClN2O4S/c18-9-1-2-14(22)15(5-9)26-21-13-7-10(19)6-12(16(13)23)17(24)20-11-3-4-25-8-11/h1-2,5-7,11,21-23H,3-4,8H2,(H,20,24). The van der Waals surface area contributed by atoms with Crippen molar-refractivity contribution < 1.29 is 19.7 Å². The van der Waals surface area contributed by atoms with Crippen molar-refractivity contribution in [3.8, 4) is 11.5 Å². The topological polar surface area (TPSA) is 90.8 Å². The van der Waals surface area contributed by atoms with E-state index in [-0.39, 0.29) is 28.8 Å². The van der Waals surface area contributed by atoms with E-state index in [0.29, 0.717) is 23.1 Å². The molecule has 0 aromatic heterocycles. The molecule has 0 radical (unpaired) electrons. The first-order chi connectivity index (χ1) is 12.4. The van der Waals surface area contributed by atoms with Crippen LogP contribution in [0.3, 0.4) is 0 Å². The number of hydrogen-bond acceptors (Lipinski definition) is 6. The molecule has 26 heavy (non-hydrogen) atoms. The van der Waals surface area contributed by atoms with E-state index in [9.17, 15) is 15.0 Å². The molecule has 0 spiro atoms. The maximum absolute atomic E-state index is 12.4. The summed E-state index contributed by atoms with van der Waals surface area (Å²) in [4.78, 5) is 13.0. The number of carbonyl (C=O) groups excluding carboxylic acids is 1. The van der Waals surface area contributed by atoms with E-state index in [0.717, 1.165) is 22.8 Å². The second-order valence-electron chi connectivity index (χ2n) is 5.70. The normalized spacial score (nSPS) is 16.5. The molecule has 3 rings (SSSR count). The van der Waals surface area contributed by atoms with Crippen molar-refractivity contribution in [1.29, 1.82) is 0 Å². The van der Waals surface area contributed by atoms with Crippen LogP contribution >= 0.6 is 39.5 Å². The van der Waals surface area contributed by atoms with Crippen molar-refractivity contribution in [3.63, 3.8) is 0 Å². The van der Waals surface area contributed by atoms with Gasteiger partial charge in [-0.2, -0.15) is 0 Å². The first kappa shape index (κ1) is 19.2. The van der Waals surface area contributed by atoms with Gasteiger partial charge < -0.3 is 25.0 Å². The predicted octanol–water partition coefficient (Wildman–Crippen LogP) is 4.15. The largest absolute Gasteiger partial charge is 0.507 e. The fraction of sp³-hybridized carbons (Fsp3) is 0.235. The highest BCUT2D eigenvalue weighted by molar-refractivity contribution is 9.10. The first-order valence-electron chi connectivity index (χ1n) is 7.76. The van der Waals surface area contributed by atoms with E-state index in [4.69, 9.17) is 16.3 Å². The van der Waals surface area contributed by atoms with Gasteiger partial charge >= 0.3 is 0 Å². The van der Waals surface area contributed by atoms with Crippen LogP contribution in [0.1, 0.15) is 16.8 Å². The lowest BCUT2D eigenvalue weighted by molar-refractivity contribution is 0.0927. The van der Waals surface area contributed by atoms with Crippen LogP contribution in [0.2, 0.25) is 5.02 Å². The molecule has 0 bridgehead atoms. The Balaban J connectivity index is 1.78. The predicted molar refractivity (Wildman–Crippen MR) is 105 cm³/mol. The minimum atomic E-state index is -0.418. The van der Waals surface area contributed by atoms with Crippen molar-refractivity contribution in [2.75, 3.05) is 17.9 Å². The number of phenolic OH excluding ortho intramolecular Hbond substituents is 2. The van der Waals surface area contributed by atoms with Gasteiger partial charge in [0.2, 0.25) is 0 Å². The van der Waals surface area contributed by atoms with Gasteiger partial charge in [-0.3, -0.25) is 4.79 Å². The molecule has 0 saturated carbocycles. The minimum Gasteiger partial charge on any atom is -0.507 e. The third-order valence-corrected chi connectivity index (χ3v) is 5.36. The number of anilines is 1. The fourth-order valence-electron chi connectivity index (χ4n) is 2.44. The number of nitrogens with one attached hydrogen (secondary N) is 2. The SMILES string of the molecule is O=C(NC1CCOC1)c1cc(Cl)cc(NSc2cc(Br)ccc2O)c1O. The van der Waals surface area contributed by atoms with E-state index in [1.54, 1.807) is 18.2 Å². The molecule has 1 unspecified atom stereocenters. The molecule has 0 aliphatic carbocycles. The summed E-state index contributed by atoms with van der Waals surface area (Å²) >= 11 is 10.5. The molecular weight excluding hydrogens is 444 g/mol. The summed E-state index contributed by atoms with van der Waals surface area (Å²) in [7, 11) is 0. The van der Waals surface area contributed by atoms with Crippen LogP contribution in [0.15, 0.2) is 39.7 Å². The zero-order chi connectivity index (χ0) is 18.7. The second kappa shape index (κ2) is 8.39. The van der Waals surface area contributed by atoms with Gasteiger partial charge in [0.05, 0.1) is 28.8 Å². The van der Waals surface area contributed by atoms with E-state index in [1.165, 1.54) is 12.1 Å². The molecule has 6 nitrogen and oxygen atoms in total. The number of ether oxygens (including phenoxy) is 1. The monoisotopic (exact) mass is 458 g/mol. The number of amides is 1. The first-order valence-corrected chi connectivity index (χ1v) is 9.75. The van der Waals surface area contributed by atoms with Crippen LogP contribution in [0.25, 0.3) is 0 Å². The molecule has 138 valence electrons. The van der Waals surface area contributed by atoms with E-state index >= 15 is 0 Å². The molecule has 1 aliphatic rings. The average molecular weight is 460 g/mol. The Hall–Kier alpha value is -1.61. The van der Waals surface area contributed by atoms with Crippen LogP contribution < -0.4 is 10.0 Å². The Morgan fingerprint density at radius 2 is 2.12 bits per heavy atom. The van der Waals surface area contributed by atoms with Gasteiger partial charge in [-0.25, -0.2) is 0 Å². The Bertz CT molecular complexity index is 831. The van der Waals surface area contributed by atoms with Gasteiger partial charge in [0, 0.05) is 16.1 Å². The Labute approximate surface area is 168 Å². The summed E-state index contributed by atoms with van der Waals surface area (Å²) in [6.07, 6.45) is 0.732. The third-order valence-electron chi connectivity index (χ3n) is 3.78. The van der Waals surface area contributed by atoms with Crippen LogP contribution in [0, 0.1) is 0 Å². The summed E-state index contributed by atoms with van der Waals surface area (Å²) in [5.74, 6) is -0.543. The molecule has 2 aromatic rings. The number of rotatable bonds is 5. The van der Waals surface area contributed by atoms with Gasteiger partial charge in [-0.15, -0.1) is 0 Å². The molecular formula is C17H16BrClN2O4S. The number of hydrogen-bond donors (Lipinski definition) is 4. The van der Waals surface area contributed by atoms with Gasteiger partial charge in [-0.05, 0) is 48.7 Å². The summed E-state index contributed by atoms with van der Waals surface area (Å²) < 4.78 is 8.96. The number of phenols is 2. The Morgan fingerprint density at radius 3 is 2.85 bits per heavy atom. The quantitative estimate of drug-likeness (QED) is 0.397. The molecule has 1 amide bonds. The van der Waals surface area contributed by atoms with Gasteiger partial charge in [0.15, 0.2) is 5.75 Å². The minimum absolute atomic E-state index is 0.0750. The highest BCUT2D eigenvalue weighted by Crippen LogP contribution is 2.37. The van der Waals surface area contributed by atoms with E-state index in [1.807, 2.05) is 0 Å². The highest BCUT2D eigenvalue weighted by Gasteiger charge is 2.22. The summed E-state index contributed by atoms with van der Waals surface area (Å²) in [6.45, 7) is 1.06. The van der Waals surface area contributed by atoms with Crippen LogP contribution in [0.4, 0.5) is 5.69 Å². The van der Waals surface area contributed by atoms with Crippen LogP contribution in [0.5, 0.6) is 11.5 Å². The molecule has 1 atom stereocenters. The lowest BCUT2D eigenvalue weighted by Crippen LogP contribution is -2.35. The number of carbonyl (C=O) groups is 1. The zero-order valence-corrected chi connectivity index (χ0v) is 16.6. The number of halogens is 2. The molecule has 9 heteroatoms. The number of benzene rings is 2. The smallest absolute Gasteiger partial charge is 0.255 e. The zero-order valence-electron chi connectivity index (χ0n) is 13.5. The highest BCUT2D eigenvalue weighted by atomic mass is 79.9. The summed E-state index contributed by atoms with van der Waals surface area (Å²) in [6, 6.07) is 7.83. The van der Waals surface area contributed by atoms with Crippen molar-refractivity contribution in [2.45, 2.75) is 17.4 Å². The summed E-state index contributed by atoms with van der Waals surface area (Å²) in [5.41, 5.74) is 0.348. The molecule has 1 saturated heterocycles. The van der Waals surface area contributed by atoms with E-state index in [2.05, 4.69) is 26.0 Å². The van der Waals surface area contributed by atoms with Crippen LogP contribution in [-0.2, 0) is 4.74 Å². The van der Waals surface area contributed by atoms with Crippen molar-refractivity contribution in [2.24, 2.45) is 0 Å². The lowest BCUT2D eigenvalue weighted by Gasteiger charge is -2.15. The maximum Gasteiger partial charge on any atom is 0.255 e. The lowest BCUT2D eigenvalue weighted by atomic mass is 10.1. The summed E-state index contributed by atoms with van der Waals surface area (Å²) in [5, 5.41) is 23.5. The van der Waals surface area contributed by atoms with Crippen molar-refractivity contribution in [1.82, 2.24) is 5.32 Å². The molecule has 2 aromatic carbocycles. The Kier molecular flexibility index (Phi) is 6.18. The molecule has 4 N–H and O–H groups in total. The van der Waals surface area contributed by atoms with Gasteiger partial charge in [0.25, 0.3) is 5.91 Å². The van der Waals surface area contributed by atoms with E-state index < -0.39 is 5.91 Å². The van der Waals surface area contributed by atoms with Crippen molar-refractivity contribution >= 4 is 51.1 Å². The van der Waals surface area contributed by atoms with Gasteiger partial charge in [0.1, 0.15) is 5.75 Å². The van der Waals surface area contributed by atoms with Crippen LogP contribution in [-0.4, -0.2) is 35.4 Å². The maximum atomic E-state index is 12.4.